The first-order valence-corrected chi connectivity index (χ1v) is 7.95. The lowest BCUT2D eigenvalue weighted by Crippen LogP contribution is -2.12. The third kappa shape index (κ3) is 2.60. The summed E-state index contributed by atoms with van der Waals surface area (Å²) in [5, 5.41) is 3.46. The predicted molar refractivity (Wildman–Crippen MR) is 87.1 cm³/mol. The molecule has 0 saturated heterocycles. The average molecular weight is 315 g/mol. The van der Waals surface area contributed by atoms with E-state index >= 15 is 0 Å². The summed E-state index contributed by atoms with van der Waals surface area (Å²) in [5.74, 6) is -0.483. The maximum atomic E-state index is 13.3. The van der Waals surface area contributed by atoms with Crippen molar-refractivity contribution in [2.24, 2.45) is 0 Å². The number of rotatable bonds is 3. The summed E-state index contributed by atoms with van der Waals surface area (Å²) in [7, 11) is 0. The highest BCUT2D eigenvalue weighted by Crippen LogP contribution is 2.29. The number of aryl methyl sites for hydroxylation is 1. The van der Waals surface area contributed by atoms with Crippen molar-refractivity contribution in [3.63, 3.8) is 0 Å². The van der Waals surface area contributed by atoms with Crippen molar-refractivity contribution < 1.29 is 13.6 Å². The fourth-order valence-corrected chi connectivity index (χ4v) is 2.89. The summed E-state index contributed by atoms with van der Waals surface area (Å²) in [6, 6.07) is 11.8. The largest absolute Gasteiger partial charge is 0.451 e. The summed E-state index contributed by atoms with van der Waals surface area (Å²) in [6.07, 6.45) is 1.94. The Labute approximate surface area is 131 Å². The number of hydrogen-bond acceptors (Lipinski definition) is 3. The van der Waals surface area contributed by atoms with Gasteiger partial charge in [-0.3, -0.25) is 4.79 Å². The lowest BCUT2D eigenvalue weighted by atomic mass is 10.1. The predicted octanol–water partition coefficient (Wildman–Crippen LogP) is 4.85. The van der Waals surface area contributed by atoms with Gasteiger partial charge in [0.1, 0.15) is 11.4 Å². The lowest BCUT2D eigenvalue weighted by Gasteiger charge is -2.08. The Morgan fingerprint density at radius 1 is 1.23 bits per heavy atom. The van der Waals surface area contributed by atoms with Gasteiger partial charge in [0.15, 0.2) is 5.76 Å². The van der Waals surface area contributed by atoms with Crippen LogP contribution in [0, 0.1) is 12.7 Å². The van der Waals surface area contributed by atoms with Gasteiger partial charge in [0.05, 0.1) is 5.69 Å². The van der Waals surface area contributed by atoms with Gasteiger partial charge in [0.25, 0.3) is 5.91 Å². The van der Waals surface area contributed by atoms with Crippen LogP contribution in [0.1, 0.15) is 16.1 Å². The first-order chi connectivity index (χ1) is 10.6. The quantitative estimate of drug-likeness (QED) is 0.702. The molecule has 3 aromatic rings. The lowest BCUT2D eigenvalue weighted by molar-refractivity contribution is 0.0997. The highest BCUT2D eigenvalue weighted by Gasteiger charge is 2.18. The van der Waals surface area contributed by atoms with Gasteiger partial charge in [-0.1, -0.05) is 12.1 Å². The third-order valence-corrected chi connectivity index (χ3v) is 4.26. The number of carbonyl (C=O) groups is 1. The summed E-state index contributed by atoms with van der Waals surface area (Å²) < 4.78 is 18.9. The topological polar surface area (TPSA) is 42.2 Å². The molecule has 0 radical (unpaired) electrons. The highest BCUT2D eigenvalue weighted by molar-refractivity contribution is 7.98. The van der Waals surface area contributed by atoms with Gasteiger partial charge in [0, 0.05) is 15.8 Å². The summed E-state index contributed by atoms with van der Waals surface area (Å²) >= 11 is 1.55. The SMILES string of the molecule is CSc1ccccc1NC(=O)c1oc2ccc(F)cc2c1C. The first-order valence-electron chi connectivity index (χ1n) is 6.73. The fraction of sp³-hybridized carbons (Fsp3) is 0.118. The number of benzene rings is 2. The fourth-order valence-electron chi connectivity index (χ4n) is 2.34. The first kappa shape index (κ1) is 14.7. The van der Waals surface area contributed by atoms with Gasteiger partial charge in [-0.25, -0.2) is 4.39 Å². The number of fused-ring (bicyclic) bond motifs is 1. The van der Waals surface area contributed by atoms with Crippen LogP contribution in [-0.4, -0.2) is 12.2 Å². The molecule has 0 bridgehead atoms. The van der Waals surface area contributed by atoms with E-state index in [0.717, 1.165) is 10.6 Å². The summed E-state index contributed by atoms with van der Waals surface area (Å²) in [4.78, 5) is 13.4. The second-order valence-corrected chi connectivity index (χ2v) is 5.70. The molecule has 5 heteroatoms. The van der Waals surface area contributed by atoms with E-state index in [1.165, 1.54) is 18.2 Å². The number of thioether (sulfide) groups is 1. The molecule has 3 rings (SSSR count). The van der Waals surface area contributed by atoms with Crippen LogP contribution in [0.15, 0.2) is 51.8 Å². The van der Waals surface area contributed by atoms with Crippen molar-refractivity contribution >= 4 is 34.3 Å². The maximum Gasteiger partial charge on any atom is 0.291 e. The number of anilines is 1. The monoisotopic (exact) mass is 315 g/mol. The van der Waals surface area contributed by atoms with Crippen molar-refractivity contribution in [2.75, 3.05) is 11.6 Å². The highest BCUT2D eigenvalue weighted by atomic mass is 32.2. The maximum absolute atomic E-state index is 13.3. The molecule has 1 N–H and O–H groups in total. The van der Waals surface area contributed by atoms with Crippen molar-refractivity contribution in [2.45, 2.75) is 11.8 Å². The van der Waals surface area contributed by atoms with E-state index in [4.69, 9.17) is 4.42 Å². The summed E-state index contributed by atoms with van der Waals surface area (Å²) in [6.45, 7) is 1.75. The van der Waals surface area contributed by atoms with Crippen molar-refractivity contribution in [1.29, 1.82) is 0 Å². The van der Waals surface area contributed by atoms with Crippen LogP contribution in [0.25, 0.3) is 11.0 Å². The van der Waals surface area contributed by atoms with Crippen molar-refractivity contribution in [1.82, 2.24) is 0 Å². The van der Waals surface area contributed by atoms with Gasteiger partial charge in [-0.15, -0.1) is 11.8 Å². The number of carbonyl (C=O) groups excluding carboxylic acids is 1. The van der Waals surface area contributed by atoms with Gasteiger partial charge in [0.2, 0.25) is 0 Å². The molecule has 1 heterocycles. The van der Waals surface area contributed by atoms with Gasteiger partial charge in [-0.05, 0) is 43.5 Å². The molecule has 0 fully saturated rings. The number of hydrogen-bond donors (Lipinski definition) is 1. The minimum absolute atomic E-state index is 0.205. The molecule has 3 nitrogen and oxygen atoms in total. The molecule has 0 aliphatic heterocycles. The Kier molecular flexibility index (Phi) is 3.90. The van der Waals surface area contributed by atoms with Gasteiger partial charge < -0.3 is 9.73 Å². The molecule has 0 spiro atoms. The van der Waals surface area contributed by atoms with Crippen LogP contribution in [0.4, 0.5) is 10.1 Å². The zero-order valence-corrected chi connectivity index (χ0v) is 13.0. The van der Waals surface area contributed by atoms with E-state index in [1.807, 2.05) is 30.5 Å². The number of amides is 1. The molecular weight excluding hydrogens is 301 g/mol. The minimum atomic E-state index is -0.351. The Morgan fingerprint density at radius 3 is 2.77 bits per heavy atom. The zero-order valence-electron chi connectivity index (χ0n) is 12.1. The van der Waals surface area contributed by atoms with Crippen LogP contribution in [0.2, 0.25) is 0 Å². The van der Waals surface area contributed by atoms with E-state index in [-0.39, 0.29) is 17.5 Å². The number of halogens is 1. The molecule has 1 amide bonds. The molecule has 0 aliphatic carbocycles. The summed E-state index contributed by atoms with van der Waals surface area (Å²) in [5.41, 5.74) is 1.86. The normalized spacial score (nSPS) is 10.9. The Balaban J connectivity index is 1.97. The van der Waals surface area contributed by atoms with Crippen molar-refractivity contribution in [3.05, 3.63) is 59.6 Å². The van der Waals surface area contributed by atoms with Crippen LogP contribution in [0.3, 0.4) is 0 Å². The van der Waals surface area contributed by atoms with E-state index in [1.54, 1.807) is 18.7 Å². The van der Waals surface area contributed by atoms with Crippen LogP contribution in [-0.2, 0) is 0 Å². The molecule has 0 saturated carbocycles. The van der Waals surface area contributed by atoms with Crippen LogP contribution >= 0.6 is 11.8 Å². The molecule has 0 unspecified atom stereocenters. The number of nitrogens with one attached hydrogen (secondary N) is 1. The third-order valence-electron chi connectivity index (χ3n) is 3.46. The molecular formula is C17H14FNO2S. The zero-order chi connectivity index (χ0) is 15.7. The molecule has 0 atom stereocenters. The van der Waals surface area contributed by atoms with E-state index < -0.39 is 0 Å². The van der Waals surface area contributed by atoms with E-state index in [2.05, 4.69) is 5.32 Å². The minimum Gasteiger partial charge on any atom is -0.451 e. The second kappa shape index (κ2) is 5.85. The van der Waals surface area contributed by atoms with Gasteiger partial charge >= 0.3 is 0 Å². The molecule has 22 heavy (non-hydrogen) atoms. The van der Waals surface area contributed by atoms with Crippen molar-refractivity contribution in [3.8, 4) is 0 Å². The molecule has 1 aromatic heterocycles. The molecule has 112 valence electrons. The Morgan fingerprint density at radius 2 is 2.00 bits per heavy atom. The van der Waals surface area contributed by atoms with Crippen LogP contribution in [0.5, 0.6) is 0 Å². The number of furan rings is 1. The number of para-hydroxylation sites is 1. The Hall–Kier alpha value is -2.27. The van der Waals surface area contributed by atoms with Gasteiger partial charge in [-0.2, -0.15) is 0 Å². The van der Waals surface area contributed by atoms with E-state index in [9.17, 15) is 9.18 Å². The average Bonchev–Trinajstić information content (AvgIpc) is 2.85. The van der Waals surface area contributed by atoms with Crippen LogP contribution < -0.4 is 5.32 Å². The Bertz CT molecular complexity index is 857. The smallest absolute Gasteiger partial charge is 0.291 e. The standard InChI is InChI=1S/C17H14FNO2S/c1-10-12-9-11(18)7-8-14(12)21-16(10)17(20)19-13-5-3-4-6-15(13)22-2/h3-9H,1-2H3,(H,19,20). The molecule has 0 aliphatic rings. The molecule has 2 aromatic carbocycles. The van der Waals surface area contributed by atoms with E-state index in [0.29, 0.717) is 16.5 Å². The second-order valence-electron chi connectivity index (χ2n) is 4.85.